The third kappa shape index (κ3) is 3.68. The SMILES string of the molecule is Cn1c(SCc2cc(=O)n3ccsc3n2)nnc1-c1cc(-c2ccccc2)nc2ccccc12. The molecule has 7 nitrogen and oxygen atoms in total. The van der Waals surface area contributed by atoms with Crippen molar-refractivity contribution >= 4 is 39.0 Å². The molecule has 0 amide bonds. The molecule has 4 aromatic heterocycles. The second kappa shape index (κ2) is 8.51. The first-order valence-corrected chi connectivity index (χ1v) is 12.5. The molecule has 0 fully saturated rings. The maximum absolute atomic E-state index is 12.3. The average Bonchev–Trinajstić information content (AvgIpc) is 3.49. The van der Waals surface area contributed by atoms with Crippen LogP contribution >= 0.6 is 23.1 Å². The number of thioether (sulfide) groups is 1. The molecule has 166 valence electrons. The van der Waals surface area contributed by atoms with E-state index in [-0.39, 0.29) is 5.56 Å². The van der Waals surface area contributed by atoms with E-state index >= 15 is 0 Å². The van der Waals surface area contributed by atoms with Crippen LogP contribution in [0.25, 0.3) is 38.5 Å². The zero-order valence-electron chi connectivity index (χ0n) is 18.1. The van der Waals surface area contributed by atoms with Gasteiger partial charge in [0.25, 0.3) is 5.56 Å². The van der Waals surface area contributed by atoms with Crippen LogP contribution in [0.5, 0.6) is 0 Å². The van der Waals surface area contributed by atoms with E-state index < -0.39 is 0 Å². The molecule has 0 saturated heterocycles. The monoisotopic (exact) mass is 482 g/mol. The van der Waals surface area contributed by atoms with E-state index in [1.165, 1.54) is 23.1 Å². The highest BCUT2D eigenvalue weighted by molar-refractivity contribution is 7.98. The van der Waals surface area contributed by atoms with Crippen LogP contribution < -0.4 is 5.56 Å². The van der Waals surface area contributed by atoms with Crippen molar-refractivity contribution in [1.82, 2.24) is 29.1 Å². The van der Waals surface area contributed by atoms with E-state index in [4.69, 9.17) is 4.98 Å². The molecule has 0 aliphatic rings. The molecule has 0 aliphatic carbocycles. The van der Waals surface area contributed by atoms with Crippen molar-refractivity contribution < 1.29 is 0 Å². The fourth-order valence-corrected chi connectivity index (χ4v) is 5.43. The Hall–Kier alpha value is -3.82. The number of pyridine rings is 1. The van der Waals surface area contributed by atoms with Crippen LogP contribution in [-0.4, -0.2) is 29.1 Å². The van der Waals surface area contributed by atoms with Crippen molar-refractivity contribution in [3.63, 3.8) is 0 Å². The summed E-state index contributed by atoms with van der Waals surface area (Å²) in [5.74, 6) is 1.29. The molecule has 6 aromatic rings. The summed E-state index contributed by atoms with van der Waals surface area (Å²) in [7, 11) is 1.96. The molecule has 6 rings (SSSR count). The summed E-state index contributed by atoms with van der Waals surface area (Å²) >= 11 is 2.96. The van der Waals surface area contributed by atoms with Gasteiger partial charge in [-0.05, 0) is 12.1 Å². The predicted octanol–water partition coefficient (Wildman–Crippen LogP) is 5.06. The minimum absolute atomic E-state index is 0.0720. The average molecular weight is 483 g/mol. The zero-order valence-corrected chi connectivity index (χ0v) is 19.8. The molecule has 0 atom stereocenters. The summed E-state index contributed by atoms with van der Waals surface area (Å²) in [5.41, 5.74) is 4.47. The molecule has 0 N–H and O–H groups in total. The molecule has 2 aromatic carbocycles. The van der Waals surface area contributed by atoms with Gasteiger partial charge in [-0.15, -0.1) is 21.5 Å². The third-order valence-corrected chi connectivity index (χ3v) is 7.38. The van der Waals surface area contributed by atoms with E-state index in [9.17, 15) is 4.79 Å². The summed E-state index contributed by atoms with van der Waals surface area (Å²) in [6.07, 6.45) is 1.74. The number of benzene rings is 2. The van der Waals surface area contributed by atoms with Crippen LogP contribution in [0, 0.1) is 0 Å². The van der Waals surface area contributed by atoms with Crippen LogP contribution in [0.4, 0.5) is 0 Å². The number of thiazole rings is 1. The lowest BCUT2D eigenvalue weighted by Crippen LogP contribution is -2.12. The van der Waals surface area contributed by atoms with Gasteiger partial charge in [0.05, 0.1) is 16.9 Å². The highest BCUT2D eigenvalue weighted by atomic mass is 32.2. The lowest BCUT2D eigenvalue weighted by atomic mass is 10.0. The Morgan fingerprint density at radius 3 is 2.68 bits per heavy atom. The molecule has 0 unspecified atom stereocenters. The Morgan fingerprint density at radius 2 is 1.79 bits per heavy atom. The molecule has 0 bridgehead atoms. The number of rotatable bonds is 5. The smallest absolute Gasteiger partial charge is 0.258 e. The number of aromatic nitrogens is 6. The maximum atomic E-state index is 12.3. The molecule has 34 heavy (non-hydrogen) atoms. The van der Waals surface area contributed by atoms with Crippen LogP contribution in [0.2, 0.25) is 0 Å². The van der Waals surface area contributed by atoms with Gasteiger partial charge in [0.1, 0.15) is 0 Å². The van der Waals surface area contributed by atoms with E-state index in [1.807, 2.05) is 53.4 Å². The Balaban J connectivity index is 1.37. The molecule has 0 radical (unpaired) electrons. The second-order valence-electron chi connectivity index (χ2n) is 7.73. The van der Waals surface area contributed by atoms with Crippen molar-refractivity contribution in [2.75, 3.05) is 0 Å². The Morgan fingerprint density at radius 1 is 0.971 bits per heavy atom. The third-order valence-electron chi connectivity index (χ3n) is 5.57. The molecule has 0 saturated carbocycles. The maximum Gasteiger partial charge on any atom is 0.258 e. The summed E-state index contributed by atoms with van der Waals surface area (Å²) in [4.78, 5) is 22.4. The molecule has 4 heterocycles. The Bertz CT molecular complexity index is 1700. The summed E-state index contributed by atoms with van der Waals surface area (Å²) in [6.45, 7) is 0. The topological polar surface area (TPSA) is 78.0 Å². The lowest BCUT2D eigenvalue weighted by Gasteiger charge is -2.10. The molecule has 9 heteroatoms. The van der Waals surface area contributed by atoms with Gasteiger partial charge in [-0.25, -0.2) is 9.97 Å². The van der Waals surface area contributed by atoms with Crippen molar-refractivity contribution in [2.24, 2.45) is 7.05 Å². The van der Waals surface area contributed by atoms with Crippen LogP contribution in [0.15, 0.2) is 88.3 Å². The minimum atomic E-state index is -0.0720. The standard InChI is InChI=1S/C25H18N6OS2/c1-30-23(28-29-25(30)34-15-17-13-22(32)31-11-12-33-24(31)26-17)19-14-21(16-7-3-2-4-8-16)27-20-10-6-5-9-18(19)20/h2-14H,15H2,1H3. The van der Waals surface area contributed by atoms with Gasteiger partial charge in [0.2, 0.25) is 0 Å². The largest absolute Gasteiger partial charge is 0.305 e. The zero-order chi connectivity index (χ0) is 23.1. The van der Waals surface area contributed by atoms with E-state index in [0.29, 0.717) is 10.7 Å². The number of fused-ring (bicyclic) bond motifs is 2. The molecule has 0 aliphatic heterocycles. The summed E-state index contributed by atoms with van der Waals surface area (Å²) in [6, 6.07) is 21.8. The van der Waals surface area contributed by atoms with Gasteiger partial charge in [-0.2, -0.15) is 0 Å². The van der Waals surface area contributed by atoms with Crippen LogP contribution in [0.3, 0.4) is 0 Å². The van der Waals surface area contributed by atoms with Crippen LogP contribution in [0.1, 0.15) is 5.69 Å². The lowest BCUT2D eigenvalue weighted by molar-refractivity contribution is 0.793. The first-order chi connectivity index (χ1) is 16.7. The normalized spacial score (nSPS) is 11.4. The van der Waals surface area contributed by atoms with Gasteiger partial charge in [0, 0.05) is 47.0 Å². The van der Waals surface area contributed by atoms with E-state index in [1.54, 1.807) is 16.7 Å². The highest BCUT2D eigenvalue weighted by Crippen LogP contribution is 2.32. The van der Waals surface area contributed by atoms with Gasteiger partial charge >= 0.3 is 0 Å². The highest BCUT2D eigenvalue weighted by Gasteiger charge is 2.17. The van der Waals surface area contributed by atoms with E-state index in [2.05, 4.69) is 39.4 Å². The van der Waals surface area contributed by atoms with E-state index in [0.717, 1.165) is 44.4 Å². The van der Waals surface area contributed by atoms with Crippen LogP contribution in [-0.2, 0) is 12.8 Å². The van der Waals surface area contributed by atoms with Gasteiger partial charge in [-0.3, -0.25) is 9.20 Å². The van der Waals surface area contributed by atoms with Gasteiger partial charge in [0.15, 0.2) is 15.9 Å². The number of nitrogens with zero attached hydrogens (tertiary/aromatic N) is 6. The van der Waals surface area contributed by atoms with Crippen molar-refractivity contribution in [1.29, 1.82) is 0 Å². The first-order valence-electron chi connectivity index (χ1n) is 10.6. The molecular weight excluding hydrogens is 464 g/mol. The first kappa shape index (κ1) is 20.8. The number of para-hydroxylation sites is 1. The summed E-state index contributed by atoms with van der Waals surface area (Å²) < 4.78 is 3.54. The number of hydrogen-bond donors (Lipinski definition) is 0. The summed E-state index contributed by atoms with van der Waals surface area (Å²) in [5, 5.41) is 12.6. The fraction of sp³-hybridized carbons (Fsp3) is 0.0800. The van der Waals surface area contributed by atoms with Crippen molar-refractivity contribution in [3.8, 4) is 22.6 Å². The predicted molar refractivity (Wildman–Crippen MR) is 136 cm³/mol. The Kier molecular flexibility index (Phi) is 5.20. The molecular formula is C25H18N6OS2. The van der Waals surface area contributed by atoms with Crippen molar-refractivity contribution in [2.45, 2.75) is 10.9 Å². The fourth-order valence-electron chi connectivity index (χ4n) is 3.89. The minimum Gasteiger partial charge on any atom is -0.305 e. The van der Waals surface area contributed by atoms with Gasteiger partial charge < -0.3 is 4.57 Å². The second-order valence-corrected chi connectivity index (χ2v) is 9.55. The molecule has 0 spiro atoms. The quantitative estimate of drug-likeness (QED) is 0.320. The van der Waals surface area contributed by atoms with Crippen molar-refractivity contribution in [3.05, 3.63) is 94.4 Å². The number of hydrogen-bond acceptors (Lipinski definition) is 7. The van der Waals surface area contributed by atoms with Gasteiger partial charge in [-0.1, -0.05) is 60.3 Å². The Labute approximate surface area is 202 Å².